The Morgan fingerprint density at radius 2 is 1.79 bits per heavy atom. The van der Waals surface area contributed by atoms with E-state index in [-0.39, 0.29) is 23.3 Å². The average Bonchev–Trinajstić information content (AvgIpc) is 2.53. The van der Waals surface area contributed by atoms with Crippen LogP contribution < -0.4 is 4.90 Å². The Morgan fingerprint density at radius 1 is 1.14 bits per heavy atom. The van der Waals surface area contributed by atoms with Crippen LogP contribution in [0.25, 0.3) is 0 Å². The molecule has 28 heavy (non-hydrogen) atoms. The Kier molecular flexibility index (Phi) is 4.70. The van der Waals surface area contributed by atoms with Gasteiger partial charge in [0.15, 0.2) is 0 Å². The fourth-order valence-electron chi connectivity index (χ4n) is 4.88. The summed E-state index contributed by atoms with van der Waals surface area (Å²) in [5.41, 5.74) is 0.697. The van der Waals surface area contributed by atoms with Gasteiger partial charge in [-0.2, -0.15) is 0 Å². The summed E-state index contributed by atoms with van der Waals surface area (Å²) in [7, 11) is 0. The van der Waals surface area contributed by atoms with Crippen molar-refractivity contribution in [2.24, 2.45) is 5.41 Å². The predicted molar refractivity (Wildman–Crippen MR) is 110 cm³/mol. The highest BCUT2D eigenvalue weighted by Crippen LogP contribution is 2.42. The van der Waals surface area contributed by atoms with Crippen molar-refractivity contribution in [2.75, 3.05) is 44.2 Å². The number of hydrogen-bond donors (Lipinski definition) is 1. The Balaban J connectivity index is 1.23. The van der Waals surface area contributed by atoms with Crippen LogP contribution in [0.5, 0.6) is 0 Å². The third kappa shape index (κ3) is 3.77. The number of likely N-dealkylation sites (tertiary alicyclic amines) is 2. The molecule has 0 unspecified atom stereocenters. The van der Waals surface area contributed by atoms with E-state index >= 15 is 0 Å². The molecule has 0 bridgehead atoms. The smallest absolute Gasteiger partial charge is 0.225 e. The lowest BCUT2D eigenvalue weighted by molar-refractivity contribution is -0.152. The number of anilines is 1. The van der Waals surface area contributed by atoms with Gasteiger partial charge in [-0.1, -0.05) is 6.07 Å². The van der Waals surface area contributed by atoms with Crippen LogP contribution in [-0.2, 0) is 4.79 Å². The van der Waals surface area contributed by atoms with Crippen LogP contribution in [0.4, 0.5) is 5.82 Å². The topological polar surface area (TPSA) is 59.9 Å². The van der Waals surface area contributed by atoms with Crippen LogP contribution in [0.3, 0.4) is 0 Å². The molecule has 0 saturated carbocycles. The molecule has 4 heterocycles. The molecule has 0 radical (unpaired) electrons. The highest BCUT2D eigenvalue weighted by atomic mass is 16.3. The van der Waals surface area contributed by atoms with Gasteiger partial charge in [-0.05, 0) is 52.2 Å². The Hall–Kier alpha value is -1.66. The number of piperidine rings is 1. The molecule has 0 aromatic carbocycles. The van der Waals surface area contributed by atoms with Crippen LogP contribution in [0, 0.1) is 12.3 Å². The zero-order valence-electron chi connectivity index (χ0n) is 17.7. The van der Waals surface area contributed by atoms with Gasteiger partial charge >= 0.3 is 0 Å². The van der Waals surface area contributed by atoms with Gasteiger partial charge in [-0.25, -0.2) is 4.98 Å². The van der Waals surface area contributed by atoms with Gasteiger partial charge in [0.2, 0.25) is 5.91 Å². The minimum absolute atomic E-state index is 0.115. The van der Waals surface area contributed by atoms with Crippen LogP contribution in [-0.4, -0.2) is 76.2 Å². The molecule has 154 valence electrons. The normalized spacial score (nSPS) is 24.0. The van der Waals surface area contributed by atoms with Crippen molar-refractivity contribution < 1.29 is 9.90 Å². The minimum Gasteiger partial charge on any atom is -0.389 e. The van der Waals surface area contributed by atoms with E-state index in [1.165, 1.54) is 5.56 Å². The molecule has 1 amide bonds. The number of amides is 1. The van der Waals surface area contributed by atoms with Gasteiger partial charge < -0.3 is 14.9 Å². The van der Waals surface area contributed by atoms with E-state index in [2.05, 4.69) is 47.7 Å². The van der Waals surface area contributed by atoms with Gasteiger partial charge in [0, 0.05) is 56.4 Å². The molecule has 1 N–H and O–H groups in total. The van der Waals surface area contributed by atoms with Crippen molar-refractivity contribution in [3.8, 4) is 0 Å². The maximum atomic E-state index is 12.7. The molecule has 6 nitrogen and oxygen atoms in total. The summed E-state index contributed by atoms with van der Waals surface area (Å²) >= 11 is 0. The lowest BCUT2D eigenvalue weighted by atomic mass is 9.72. The first-order valence-corrected chi connectivity index (χ1v) is 10.5. The Morgan fingerprint density at radius 3 is 2.32 bits per heavy atom. The molecule has 0 aliphatic carbocycles. The summed E-state index contributed by atoms with van der Waals surface area (Å²) in [5, 5.41) is 10.9. The molecule has 6 heteroatoms. The second-order valence-electron chi connectivity index (χ2n) is 10.4. The van der Waals surface area contributed by atoms with E-state index in [1.54, 1.807) is 0 Å². The fourth-order valence-corrected chi connectivity index (χ4v) is 4.88. The number of aromatic nitrogens is 1. The lowest BCUT2D eigenvalue weighted by Crippen LogP contribution is -2.73. The summed E-state index contributed by atoms with van der Waals surface area (Å²) in [5.74, 6) is 1.14. The van der Waals surface area contributed by atoms with Gasteiger partial charge in [0.25, 0.3) is 0 Å². The summed E-state index contributed by atoms with van der Waals surface area (Å²) in [6.45, 7) is 13.9. The number of aliphatic hydroxyl groups is 1. The monoisotopic (exact) mass is 386 g/mol. The summed E-state index contributed by atoms with van der Waals surface area (Å²) < 4.78 is 0. The second-order valence-corrected chi connectivity index (χ2v) is 10.4. The highest BCUT2D eigenvalue weighted by Gasteiger charge is 2.54. The number of carbonyl (C=O) groups excluding carboxylic acids is 1. The first-order valence-electron chi connectivity index (χ1n) is 10.5. The molecule has 3 fully saturated rings. The van der Waals surface area contributed by atoms with E-state index in [0.717, 1.165) is 45.1 Å². The van der Waals surface area contributed by atoms with Crippen molar-refractivity contribution in [3.63, 3.8) is 0 Å². The Labute approximate surface area is 168 Å². The number of nitrogens with zero attached hydrogens (tertiary/aromatic N) is 4. The van der Waals surface area contributed by atoms with Crippen molar-refractivity contribution in [2.45, 2.75) is 58.1 Å². The zero-order valence-corrected chi connectivity index (χ0v) is 17.7. The third-order valence-corrected chi connectivity index (χ3v) is 6.80. The number of rotatable bonds is 3. The van der Waals surface area contributed by atoms with Crippen molar-refractivity contribution in [3.05, 3.63) is 23.9 Å². The highest BCUT2D eigenvalue weighted by molar-refractivity contribution is 5.78. The van der Waals surface area contributed by atoms with E-state index in [1.807, 2.05) is 18.0 Å². The molecular formula is C22H34N4O2. The SMILES string of the molecule is Cc1ccc(N2CC3(CN(C(=O)CC4(O)CCN(C(C)(C)C)CC4)C3)C2)nc1. The number of carbonyl (C=O) groups is 1. The van der Waals surface area contributed by atoms with Crippen molar-refractivity contribution >= 4 is 11.7 Å². The number of pyridine rings is 1. The van der Waals surface area contributed by atoms with Crippen molar-refractivity contribution in [1.29, 1.82) is 0 Å². The quantitative estimate of drug-likeness (QED) is 0.862. The largest absolute Gasteiger partial charge is 0.389 e. The van der Waals surface area contributed by atoms with Gasteiger partial charge in [-0.15, -0.1) is 0 Å². The zero-order chi connectivity index (χ0) is 20.2. The molecule has 3 aliphatic rings. The van der Waals surface area contributed by atoms with E-state index in [4.69, 9.17) is 0 Å². The molecular weight excluding hydrogens is 352 g/mol. The minimum atomic E-state index is -0.834. The van der Waals surface area contributed by atoms with E-state index < -0.39 is 5.60 Å². The summed E-state index contributed by atoms with van der Waals surface area (Å²) in [6.07, 6.45) is 3.54. The van der Waals surface area contributed by atoms with E-state index in [0.29, 0.717) is 12.8 Å². The van der Waals surface area contributed by atoms with E-state index in [9.17, 15) is 9.90 Å². The van der Waals surface area contributed by atoms with Crippen LogP contribution in [0.1, 0.15) is 45.6 Å². The summed E-state index contributed by atoms with van der Waals surface area (Å²) in [4.78, 5) is 23.8. The molecule has 4 rings (SSSR count). The van der Waals surface area contributed by atoms with Gasteiger partial charge in [0.05, 0.1) is 12.0 Å². The lowest BCUT2D eigenvalue weighted by Gasteiger charge is -2.60. The maximum absolute atomic E-state index is 12.7. The average molecular weight is 387 g/mol. The predicted octanol–water partition coefficient (Wildman–Crippen LogP) is 2.05. The Bertz CT molecular complexity index is 718. The second kappa shape index (κ2) is 6.70. The standard InChI is InChI=1S/C22H34N4O2/c1-17-5-6-18(23-12-17)24-13-21(14-24)15-25(16-21)19(27)11-22(28)7-9-26(10-8-22)20(2,3)4/h5-6,12,28H,7-11,13-16H2,1-4H3. The molecule has 3 saturated heterocycles. The van der Waals surface area contributed by atoms with Crippen molar-refractivity contribution in [1.82, 2.24) is 14.8 Å². The number of aryl methyl sites for hydroxylation is 1. The third-order valence-electron chi connectivity index (χ3n) is 6.80. The molecule has 3 aliphatic heterocycles. The van der Waals surface area contributed by atoms with Gasteiger partial charge in [0.1, 0.15) is 5.82 Å². The summed E-state index contributed by atoms with van der Waals surface area (Å²) in [6, 6.07) is 4.17. The van der Waals surface area contributed by atoms with Crippen LogP contribution in [0.15, 0.2) is 18.3 Å². The number of hydrogen-bond acceptors (Lipinski definition) is 5. The fraction of sp³-hybridized carbons (Fsp3) is 0.727. The molecule has 0 atom stereocenters. The first-order chi connectivity index (χ1) is 13.1. The molecule has 1 aromatic rings. The molecule has 1 aromatic heterocycles. The van der Waals surface area contributed by atoms with Gasteiger partial charge in [-0.3, -0.25) is 9.69 Å². The maximum Gasteiger partial charge on any atom is 0.225 e. The first kappa shape index (κ1) is 19.6. The molecule has 1 spiro atoms. The van der Waals surface area contributed by atoms with Crippen LogP contribution in [0.2, 0.25) is 0 Å². The van der Waals surface area contributed by atoms with Crippen LogP contribution >= 0.6 is 0 Å².